The molecule has 6 N–H and O–H groups in total. The molecule has 0 unspecified atom stereocenters. The molecule has 0 aliphatic carbocycles. The maximum absolute atomic E-state index is 9.36. The fourth-order valence-corrected chi connectivity index (χ4v) is 1.35. The van der Waals surface area contributed by atoms with Crippen LogP contribution in [-0.2, 0) is 0 Å². The van der Waals surface area contributed by atoms with E-state index in [2.05, 4.69) is 5.32 Å². The standard InChI is InChI=1S/C7H15NO5/c9-2-3-5(11)7(13)6(12)4(10)1-8-3/h3-13H,1-2H2/t3-,4+,5+,6+,7+/m0/s1. The van der Waals surface area contributed by atoms with Crippen LogP contribution in [-0.4, -0.2) is 69.1 Å². The van der Waals surface area contributed by atoms with Gasteiger partial charge in [0.2, 0.25) is 0 Å². The van der Waals surface area contributed by atoms with Crippen molar-refractivity contribution in [1.29, 1.82) is 0 Å². The van der Waals surface area contributed by atoms with E-state index in [1.54, 1.807) is 0 Å². The molecular weight excluding hydrogens is 178 g/mol. The summed E-state index contributed by atoms with van der Waals surface area (Å²) in [5, 5.41) is 48.5. The molecule has 0 aromatic heterocycles. The molecule has 0 spiro atoms. The number of nitrogens with one attached hydrogen (secondary N) is 1. The first-order chi connectivity index (χ1) is 6.07. The number of hydrogen-bond donors (Lipinski definition) is 6. The van der Waals surface area contributed by atoms with Crippen LogP contribution in [0, 0.1) is 0 Å². The summed E-state index contributed by atoms with van der Waals surface area (Å²) >= 11 is 0. The van der Waals surface area contributed by atoms with Crippen molar-refractivity contribution in [2.45, 2.75) is 30.5 Å². The zero-order valence-electron chi connectivity index (χ0n) is 7.04. The zero-order valence-corrected chi connectivity index (χ0v) is 7.04. The highest BCUT2D eigenvalue weighted by Crippen LogP contribution is 2.11. The largest absolute Gasteiger partial charge is 0.395 e. The van der Waals surface area contributed by atoms with Crippen molar-refractivity contribution in [2.24, 2.45) is 0 Å². The molecule has 6 nitrogen and oxygen atoms in total. The van der Waals surface area contributed by atoms with E-state index in [9.17, 15) is 20.4 Å². The van der Waals surface area contributed by atoms with Crippen LogP contribution >= 0.6 is 0 Å². The molecule has 13 heavy (non-hydrogen) atoms. The minimum absolute atomic E-state index is 0.0283. The lowest BCUT2D eigenvalue weighted by atomic mass is 10.0. The van der Waals surface area contributed by atoms with Crippen LogP contribution in [0.15, 0.2) is 0 Å². The lowest BCUT2D eigenvalue weighted by Crippen LogP contribution is -2.48. The summed E-state index contributed by atoms with van der Waals surface area (Å²) in [6, 6.07) is -0.721. The van der Waals surface area contributed by atoms with Gasteiger partial charge in [-0.05, 0) is 0 Å². The molecule has 1 saturated heterocycles. The lowest BCUT2D eigenvalue weighted by molar-refractivity contribution is -0.0980. The molecule has 0 bridgehead atoms. The van der Waals surface area contributed by atoms with Gasteiger partial charge in [0.1, 0.15) is 18.3 Å². The van der Waals surface area contributed by atoms with Crippen molar-refractivity contribution in [1.82, 2.24) is 5.32 Å². The van der Waals surface area contributed by atoms with Crippen LogP contribution < -0.4 is 5.32 Å². The zero-order chi connectivity index (χ0) is 10.0. The van der Waals surface area contributed by atoms with Gasteiger partial charge in [-0.3, -0.25) is 0 Å². The van der Waals surface area contributed by atoms with Gasteiger partial charge in [-0.15, -0.1) is 0 Å². The molecule has 78 valence electrons. The van der Waals surface area contributed by atoms with Gasteiger partial charge in [0.15, 0.2) is 0 Å². The van der Waals surface area contributed by atoms with Gasteiger partial charge in [0.25, 0.3) is 0 Å². The summed E-state index contributed by atoms with van der Waals surface area (Å²) in [6.07, 6.45) is -5.25. The molecule has 1 aliphatic rings. The van der Waals surface area contributed by atoms with Crippen molar-refractivity contribution in [3.63, 3.8) is 0 Å². The Kier molecular flexibility index (Phi) is 3.60. The third-order valence-electron chi connectivity index (χ3n) is 2.29. The fourth-order valence-electron chi connectivity index (χ4n) is 1.35. The highest BCUT2D eigenvalue weighted by Gasteiger charge is 2.37. The van der Waals surface area contributed by atoms with Gasteiger partial charge in [-0.2, -0.15) is 0 Å². The third kappa shape index (κ3) is 2.16. The van der Waals surface area contributed by atoms with E-state index in [1.807, 2.05) is 0 Å². The number of hydrogen-bond acceptors (Lipinski definition) is 6. The molecule has 1 rings (SSSR count). The Hall–Kier alpha value is -0.240. The van der Waals surface area contributed by atoms with E-state index in [0.717, 1.165) is 0 Å². The molecule has 0 aromatic rings. The van der Waals surface area contributed by atoms with Crippen LogP contribution in [0.2, 0.25) is 0 Å². The fraction of sp³-hybridized carbons (Fsp3) is 1.00. The quantitative estimate of drug-likeness (QED) is 0.256. The van der Waals surface area contributed by atoms with E-state index < -0.39 is 30.5 Å². The van der Waals surface area contributed by atoms with Crippen molar-refractivity contribution < 1.29 is 25.5 Å². The van der Waals surface area contributed by atoms with E-state index in [-0.39, 0.29) is 13.2 Å². The van der Waals surface area contributed by atoms with Crippen LogP contribution in [0.3, 0.4) is 0 Å². The summed E-state index contributed by atoms with van der Waals surface area (Å²) in [7, 11) is 0. The number of aliphatic hydroxyl groups is 5. The maximum atomic E-state index is 9.36. The van der Waals surface area contributed by atoms with Crippen LogP contribution in [0.4, 0.5) is 0 Å². The minimum Gasteiger partial charge on any atom is -0.395 e. The SMILES string of the molecule is OC[C@@H]1NC[C@@H](O)[C@@H](O)[C@H](O)[C@@H]1O. The van der Waals surface area contributed by atoms with Crippen LogP contribution in [0.25, 0.3) is 0 Å². The normalized spacial score (nSPS) is 47.3. The molecule has 1 fully saturated rings. The molecule has 1 aliphatic heterocycles. The van der Waals surface area contributed by atoms with Gasteiger partial charge in [-0.25, -0.2) is 0 Å². The van der Waals surface area contributed by atoms with Crippen molar-refractivity contribution in [3.8, 4) is 0 Å². The first-order valence-electron chi connectivity index (χ1n) is 4.14. The third-order valence-corrected chi connectivity index (χ3v) is 2.29. The summed E-state index contributed by atoms with van der Waals surface area (Å²) in [5.74, 6) is 0. The predicted molar refractivity (Wildman–Crippen MR) is 42.9 cm³/mol. The number of rotatable bonds is 1. The summed E-state index contributed by atoms with van der Waals surface area (Å²) < 4.78 is 0. The van der Waals surface area contributed by atoms with E-state index in [1.165, 1.54) is 0 Å². The average molecular weight is 193 g/mol. The van der Waals surface area contributed by atoms with Crippen LogP contribution in [0.1, 0.15) is 0 Å². The van der Waals surface area contributed by atoms with Gasteiger partial charge < -0.3 is 30.8 Å². The lowest BCUT2D eigenvalue weighted by Gasteiger charge is -2.24. The van der Waals surface area contributed by atoms with Gasteiger partial charge in [0, 0.05) is 6.54 Å². The molecule has 0 saturated carbocycles. The maximum Gasteiger partial charge on any atom is 0.110 e. The second-order valence-corrected chi connectivity index (χ2v) is 3.24. The van der Waals surface area contributed by atoms with Crippen molar-refractivity contribution in [3.05, 3.63) is 0 Å². The Bertz CT molecular complexity index is 165. The van der Waals surface area contributed by atoms with Gasteiger partial charge in [0.05, 0.1) is 18.8 Å². The van der Waals surface area contributed by atoms with Crippen molar-refractivity contribution in [2.75, 3.05) is 13.2 Å². The summed E-state index contributed by atoms with van der Waals surface area (Å²) in [5.41, 5.74) is 0. The first kappa shape index (κ1) is 10.8. The summed E-state index contributed by atoms with van der Waals surface area (Å²) in [6.45, 7) is -0.335. The summed E-state index contributed by atoms with van der Waals surface area (Å²) in [4.78, 5) is 0. The van der Waals surface area contributed by atoms with E-state index in [4.69, 9.17) is 5.11 Å². The molecule has 0 radical (unpaired) electrons. The van der Waals surface area contributed by atoms with Crippen molar-refractivity contribution >= 4 is 0 Å². The molecule has 1 heterocycles. The highest BCUT2D eigenvalue weighted by molar-refractivity contribution is 4.92. The Morgan fingerprint density at radius 3 is 2.15 bits per heavy atom. The second-order valence-electron chi connectivity index (χ2n) is 3.24. The molecule has 0 aromatic carbocycles. The topological polar surface area (TPSA) is 113 Å². The highest BCUT2D eigenvalue weighted by atomic mass is 16.4. The second kappa shape index (κ2) is 4.32. The molecule has 6 heteroatoms. The smallest absolute Gasteiger partial charge is 0.110 e. The number of β-amino-alcohol motifs (C(OH)–C–C–N with tert-alkyl or cyclic N) is 1. The first-order valence-corrected chi connectivity index (χ1v) is 4.14. The average Bonchev–Trinajstić information content (AvgIpc) is 2.22. The van der Waals surface area contributed by atoms with Crippen LogP contribution in [0.5, 0.6) is 0 Å². The van der Waals surface area contributed by atoms with E-state index in [0.29, 0.717) is 0 Å². The Morgan fingerprint density at radius 1 is 1.00 bits per heavy atom. The molecule has 5 atom stereocenters. The molecular formula is C7H15NO5. The van der Waals surface area contributed by atoms with Gasteiger partial charge >= 0.3 is 0 Å². The monoisotopic (exact) mass is 193 g/mol. The Balaban J connectivity index is 2.69. The van der Waals surface area contributed by atoms with E-state index >= 15 is 0 Å². The van der Waals surface area contributed by atoms with Gasteiger partial charge in [-0.1, -0.05) is 0 Å². The Morgan fingerprint density at radius 2 is 1.62 bits per heavy atom. The Labute approximate surface area is 75.4 Å². The number of aliphatic hydroxyl groups excluding tert-OH is 5. The minimum atomic E-state index is -1.44. The predicted octanol–water partition coefficient (Wildman–Crippen LogP) is -3.61. The molecule has 0 amide bonds.